The zero-order chi connectivity index (χ0) is 14.7. The summed E-state index contributed by atoms with van der Waals surface area (Å²) < 4.78 is 22.0. The molecule has 2 rings (SSSR count). The lowest BCUT2D eigenvalue weighted by Crippen LogP contribution is -2.12. The molecule has 2 aromatic rings. The zero-order valence-electron chi connectivity index (χ0n) is 11.5. The van der Waals surface area contributed by atoms with E-state index in [1.165, 1.54) is 0 Å². The Balaban J connectivity index is 2.49. The summed E-state index contributed by atoms with van der Waals surface area (Å²) in [6.07, 6.45) is 0. The molecule has 1 aromatic carbocycles. The zero-order valence-corrected chi connectivity index (χ0v) is 13.1. The largest absolute Gasteiger partial charge is 0.496 e. The van der Waals surface area contributed by atoms with Crippen molar-refractivity contribution < 1.29 is 18.6 Å². The molecule has 1 atom stereocenters. The number of methoxy groups -OCH3 is 3. The highest BCUT2D eigenvalue weighted by Gasteiger charge is 2.20. The van der Waals surface area contributed by atoms with Crippen LogP contribution in [0, 0.1) is 0 Å². The first-order valence-corrected chi connectivity index (χ1v) is 6.70. The Hall–Kier alpha value is -1.66. The highest BCUT2D eigenvalue weighted by Crippen LogP contribution is 2.39. The second kappa shape index (κ2) is 6.19. The first-order chi connectivity index (χ1) is 9.60. The van der Waals surface area contributed by atoms with E-state index in [0.717, 1.165) is 5.56 Å². The lowest BCUT2D eigenvalue weighted by atomic mass is 10.0. The SMILES string of the molecule is COc1cc(OC)c(C(N)c2ccc(Br)o2)cc1OC. The molecule has 1 heterocycles. The minimum absolute atomic E-state index is 0.462. The molecule has 108 valence electrons. The van der Waals surface area contributed by atoms with Gasteiger partial charge in [-0.1, -0.05) is 0 Å². The topological polar surface area (TPSA) is 66.9 Å². The number of benzene rings is 1. The Morgan fingerprint density at radius 1 is 1.00 bits per heavy atom. The van der Waals surface area contributed by atoms with Crippen LogP contribution >= 0.6 is 15.9 Å². The van der Waals surface area contributed by atoms with Crippen LogP contribution in [-0.2, 0) is 0 Å². The summed E-state index contributed by atoms with van der Waals surface area (Å²) in [6, 6.07) is 6.68. The van der Waals surface area contributed by atoms with E-state index in [2.05, 4.69) is 15.9 Å². The summed E-state index contributed by atoms with van der Waals surface area (Å²) in [5.74, 6) is 2.41. The Bertz CT molecular complexity index is 597. The lowest BCUT2D eigenvalue weighted by Gasteiger charge is -2.17. The number of hydrogen-bond acceptors (Lipinski definition) is 5. The van der Waals surface area contributed by atoms with Gasteiger partial charge in [0.15, 0.2) is 16.2 Å². The molecule has 0 aliphatic rings. The molecule has 0 saturated heterocycles. The van der Waals surface area contributed by atoms with E-state index < -0.39 is 6.04 Å². The van der Waals surface area contributed by atoms with E-state index in [-0.39, 0.29) is 0 Å². The van der Waals surface area contributed by atoms with Crippen molar-refractivity contribution in [3.05, 3.63) is 40.3 Å². The van der Waals surface area contributed by atoms with Crippen molar-refractivity contribution in [2.24, 2.45) is 5.73 Å². The highest BCUT2D eigenvalue weighted by atomic mass is 79.9. The van der Waals surface area contributed by atoms with Crippen molar-refractivity contribution >= 4 is 15.9 Å². The van der Waals surface area contributed by atoms with E-state index in [0.29, 0.717) is 27.7 Å². The maximum Gasteiger partial charge on any atom is 0.169 e. The molecule has 0 saturated carbocycles. The fourth-order valence-corrected chi connectivity index (χ4v) is 2.26. The van der Waals surface area contributed by atoms with Gasteiger partial charge in [-0.3, -0.25) is 0 Å². The van der Waals surface area contributed by atoms with Crippen molar-refractivity contribution in [3.63, 3.8) is 0 Å². The predicted molar refractivity (Wildman–Crippen MR) is 78.5 cm³/mol. The number of hydrogen-bond donors (Lipinski definition) is 1. The summed E-state index contributed by atoms with van der Waals surface area (Å²) in [7, 11) is 4.72. The quantitative estimate of drug-likeness (QED) is 0.904. The van der Waals surface area contributed by atoms with Gasteiger partial charge in [0.25, 0.3) is 0 Å². The van der Waals surface area contributed by atoms with Gasteiger partial charge in [-0.05, 0) is 34.1 Å². The molecule has 0 fully saturated rings. The number of nitrogens with two attached hydrogens (primary N) is 1. The first kappa shape index (κ1) is 14.7. The van der Waals surface area contributed by atoms with Gasteiger partial charge in [-0.15, -0.1) is 0 Å². The molecular formula is C14H16BrNO4. The third kappa shape index (κ3) is 2.76. The van der Waals surface area contributed by atoms with Gasteiger partial charge < -0.3 is 24.4 Å². The lowest BCUT2D eigenvalue weighted by molar-refractivity contribution is 0.346. The molecule has 2 N–H and O–H groups in total. The molecule has 0 bridgehead atoms. The van der Waals surface area contributed by atoms with Crippen LogP contribution in [0.5, 0.6) is 17.2 Å². The van der Waals surface area contributed by atoms with Gasteiger partial charge in [-0.2, -0.15) is 0 Å². The summed E-state index contributed by atoms with van der Waals surface area (Å²) in [4.78, 5) is 0. The highest BCUT2D eigenvalue weighted by molar-refractivity contribution is 9.10. The smallest absolute Gasteiger partial charge is 0.169 e. The van der Waals surface area contributed by atoms with Crippen LogP contribution in [0.1, 0.15) is 17.4 Å². The van der Waals surface area contributed by atoms with Gasteiger partial charge in [0.1, 0.15) is 11.5 Å². The van der Waals surface area contributed by atoms with Crippen LogP contribution in [-0.4, -0.2) is 21.3 Å². The second-order valence-electron chi connectivity index (χ2n) is 4.07. The molecule has 6 heteroatoms. The third-order valence-electron chi connectivity index (χ3n) is 2.97. The van der Waals surface area contributed by atoms with Crippen LogP contribution in [0.2, 0.25) is 0 Å². The van der Waals surface area contributed by atoms with E-state index in [1.807, 2.05) is 6.07 Å². The molecule has 0 spiro atoms. The normalized spacial score (nSPS) is 12.1. The molecule has 0 aliphatic heterocycles. The number of halogens is 1. The fourth-order valence-electron chi connectivity index (χ4n) is 1.94. The summed E-state index contributed by atoms with van der Waals surface area (Å²) >= 11 is 3.26. The van der Waals surface area contributed by atoms with E-state index >= 15 is 0 Å². The van der Waals surface area contributed by atoms with Crippen LogP contribution in [0.25, 0.3) is 0 Å². The Kier molecular flexibility index (Phi) is 4.57. The molecule has 1 aromatic heterocycles. The van der Waals surface area contributed by atoms with Crippen LogP contribution in [0.4, 0.5) is 0 Å². The summed E-state index contributed by atoms with van der Waals surface area (Å²) in [5, 5.41) is 0. The van der Waals surface area contributed by atoms with Gasteiger partial charge in [0, 0.05) is 11.6 Å². The molecule has 1 unspecified atom stereocenters. The maximum atomic E-state index is 6.23. The number of furan rings is 1. The minimum Gasteiger partial charge on any atom is -0.496 e. The first-order valence-electron chi connectivity index (χ1n) is 5.91. The van der Waals surface area contributed by atoms with Gasteiger partial charge in [0.2, 0.25) is 0 Å². The van der Waals surface area contributed by atoms with Gasteiger partial charge in [0.05, 0.1) is 27.4 Å². The van der Waals surface area contributed by atoms with E-state index in [9.17, 15) is 0 Å². The van der Waals surface area contributed by atoms with E-state index in [1.54, 1.807) is 39.5 Å². The van der Waals surface area contributed by atoms with Crippen molar-refractivity contribution in [3.8, 4) is 17.2 Å². The number of ether oxygens (including phenoxy) is 3. The van der Waals surface area contributed by atoms with Gasteiger partial charge >= 0.3 is 0 Å². The van der Waals surface area contributed by atoms with Crippen molar-refractivity contribution in [2.45, 2.75) is 6.04 Å². The second-order valence-corrected chi connectivity index (χ2v) is 4.85. The summed E-state index contributed by atoms with van der Waals surface area (Å²) in [5.41, 5.74) is 6.99. The minimum atomic E-state index is -0.462. The molecule has 20 heavy (non-hydrogen) atoms. The average Bonchev–Trinajstić information content (AvgIpc) is 2.91. The Morgan fingerprint density at radius 3 is 2.10 bits per heavy atom. The van der Waals surface area contributed by atoms with E-state index in [4.69, 9.17) is 24.4 Å². The number of rotatable bonds is 5. The maximum absolute atomic E-state index is 6.23. The summed E-state index contributed by atoms with van der Waals surface area (Å²) in [6.45, 7) is 0. The average molecular weight is 342 g/mol. The molecular weight excluding hydrogens is 326 g/mol. The van der Waals surface area contributed by atoms with Crippen LogP contribution in [0.15, 0.2) is 33.4 Å². The molecule has 0 aliphatic carbocycles. The fraction of sp³-hybridized carbons (Fsp3) is 0.286. The Morgan fingerprint density at radius 2 is 1.60 bits per heavy atom. The Labute approximate surface area is 125 Å². The van der Waals surface area contributed by atoms with Crippen LogP contribution in [0.3, 0.4) is 0 Å². The standard InChI is InChI=1S/C14H16BrNO4/c1-17-10-7-12(19-3)11(18-2)6-8(10)14(16)9-4-5-13(15)20-9/h4-7,14H,16H2,1-3H3. The molecule has 0 amide bonds. The van der Waals surface area contributed by atoms with Crippen molar-refractivity contribution in [1.29, 1.82) is 0 Å². The monoisotopic (exact) mass is 341 g/mol. The molecule has 0 radical (unpaired) electrons. The van der Waals surface area contributed by atoms with Crippen LogP contribution < -0.4 is 19.9 Å². The molecule has 5 nitrogen and oxygen atoms in total. The third-order valence-corrected chi connectivity index (χ3v) is 3.40. The van der Waals surface area contributed by atoms with Gasteiger partial charge in [-0.25, -0.2) is 0 Å². The van der Waals surface area contributed by atoms with Crippen molar-refractivity contribution in [1.82, 2.24) is 0 Å². The predicted octanol–water partition coefficient (Wildman–Crippen LogP) is 3.12. The van der Waals surface area contributed by atoms with Crippen molar-refractivity contribution in [2.75, 3.05) is 21.3 Å².